The lowest BCUT2D eigenvalue weighted by Gasteiger charge is -2.04. The number of carbonyl (C=O) groups is 1. The van der Waals surface area contributed by atoms with Crippen molar-refractivity contribution in [3.05, 3.63) is 35.4 Å². The maximum atomic E-state index is 13.1. The molecule has 0 saturated heterocycles. The van der Waals surface area contributed by atoms with Gasteiger partial charge in [0, 0.05) is 6.04 Å². The van der Waals surface area contributed by atoms with Gasteiger partial charge in [0.05, 0.1) is 5.56 Å². The van der Waals surface area contributed by atoms with Crippen molar-refractivity contribution in [2.45, 2.75) is 18.9 Å². The van der Waals surface area contributed by atoms with Gasteiger partial charge in [-0.25, -0.2) is 8.78 Å². The number of hydrogen-bond acceptors (Lipinski definition) is 1. The second-order valence-corrected chi connectivity index (χ2v) is 3.35. The normalized spacial score (nSPS) is 15.3. The van der Waals surface area contributed by atoms with Crippen LogP contribution in [0.3, 0.4) is 0 Å². The summed E-state index contributed by atoms with van der Waals surface area (Å²) in [4.78, 5) is 11.4. The Hall–Kier alpha value is -1.45. The van der Waals surface area contributed by atoms with E-state index in [0.29, 0.717) is 0 Å². The average molecular weight is 197 g/mol. The van der Waals surface area contributed by atoms with Crippen molar-refractivity contribution in [2.24, 2.45) is 0 Å². The molecule has 1 fully saturated rings. The summed E-state index contributed by atoms with van der Waals surface area (Å²) in [5.74, 6) is -2.61. The van der Waals surface area contributed by atoms with Crippen molar-refractivity contribution in [1.29, 1.82) is 0 Å². The van der Waals surface area contributed by atoms with Gasteiger partial charge >= 0.3 is 0 Å². The molecule has 4 heteroatoms. The third kappa shape index (κ3) is 1.73. The Morgan fingerprint density at radius 2 is 2.07 bits per heavy atom. The first-order valence-electron chi connectivity index (χ1n) is 4.43. The molecule has 1 N–H and O–H groups in total. The first-order valence-corrected chi connectivity index (χ1v) is 4.43. The van der Waals surface area contributed by atoms with Crippen molar-refractivity contribution >= 4 is 5.91 Å². The summed E-state index contributed by atoms with van der Waals surface area (Å²) >= 11 is 0. The quantitative estimate of drug-likeness (QED) is 0.770. The Kier molecular flexibility index (Phi) is 2.19. The minimum absolute atomic E-state index is 0.144. The Labute approximate surface area is 79.9 Å². The number of halogens is 2. The molecule has 0 spiro atoms. The van der Waals surface area contributed by atoms with Crippen molar-refractivity contribution in [2.75, 3.05) is 0 Å². The molecule has 0 radical (unpaired) electrons. The summed E-state index contributed by atoms with van der Waals surface area (Å²) in [5, 5.41) is 2.59. The van der Waals surface area contributed by atoms with E-state index in [1.165, 1.54) is 12.1 Å². The Balaban J connectivity index is 2.21. The van der Waals surface area contributed by atoms with Crippen molar-refractivity contribution in [3.63, 3.8) is 0 Å². The first kappa shape index (κ1) is 9.12. The third-order valence-corrected chi connectivity index (χ3v) is 2.11. The van der Waals surface area contributed by atoms with Crippen molar-refractivity contribution in [1.82, 2.24) is 5.32 Å². The molecule has 1 aliphatic carbocycles. The Bertz CT molecular complexity index is 374. The van der Waals surface area contributed by atoms with Crippen LogP contribution in [0.2, 0.25) is 0 Å². The topological polar surface area (TPSA) is 29.1 Å². The summed E-state index contributed by atoms with van der Waals surface area (Å²) in [7, 11) is 0. The van der Waals surface area contributed by atoms with Crippen LogP contribution >= 0.6 is 0 Å². The van der Waals surface area contributed by atoms with E-state index in [4.69, 9.17) is 0 Å². The van der Waals surface area contributed by atoms with E-state index in [0.717, 1.165) is 18.9 Å². The smallest absolute Gasteiger partial charge is 0.254 e. The van der Waals surface area contributed by atoms with E-state index in [2.05, 4.69) is 5.32 Å². The van der Waals surface area contributed by atoms with Gasteiger partial charge in [0.25, 0.3) is 5.91 Å². The molecular formula is C10H9F2NO. The number of rotatable bonds is 2. The van der Waals surface area contributed by atoms with E-state index < -0.39 is 17.5 Å². The maximum absolute atomic E-state index is 13.1. The van der Waals surface area contributed by atoms with Crippen LogP contribution in [0.1, 0.15) is 23.2 Å². The minimum Gasteiger partial charge on any atom is -0.349 e. The van der Waals surface area contributed by atoms with Gasteiger partial charge in [-0.05, 0) is 25.0 Å². The lowest BCUT2D eigenvalue weighted by Crippen LogP contribution is -2.26. The largest absolute Gasteiger partial charge is 0.349 e. The summed E-state index contributed by atoms with van der Waals surface area (Å²) < 4.78 is 25.8. The molecule has 74 valence electrons. The van der Waals surface area contributed by atoms with Gasteiger partial charge in [0.2, 0.25) is 0 Å². The predicted octanol–water partition coefficient (Wildman–Crippen LogP) is 1.86. The zero-order valence-electron chi connectivity index (χ0n) is 7.39. The fourth-order valence-electron chi connectivity index (χ4n) is 1.17. The highest BCUT2D eigenvalue weighted by Gasteiger charge is 2.25. The monoisotopic (exact) mass is 197 g/mol. The molecule has 14 heavy (non-hydrogen) atoms. The van der Waals surface area contributed by atoms with Crippen LogP contribution in [0.4, 0.5) is 8.78 Å². The molecule has 1 aromatic rings. The molecule has 1 amide bonds. The SMILES string of the molecule is O=C(NC1CC1)c1cccc(F)c1F. The molecule has 2 rings (SSSR count). The van der Waals surface area contributed by atoms with Crippen LogP contribution in [0.5, 0.6) is 0 Å². The van der Waals surface area contributed by atoms with Crippen LogP contribution < -0.4 is 5.32 Å². The fraction of sp³-hybridized carbons (Fsp3) is 0.300. The highest BCUT2D eigenvalue weighted by Crippen LogP contribution is 2.20. The lowest BCUT2D eigenvalue weighted by molar-refractivity contribution is 0.0946. The van der Waals surface area contributed by atoms with E-state index in [1.54, 1.807) is 0 Å². The van der Waals surface area contributed by atoms with Gasteiger partial charge in [0.1, 0.15) is 0 Å². The van der Waals surface area contributed by atoms with Crippen LogP contribution in [0.25, 0.3) is 0 Å². The average Bonchev–Trinajstić information content (AvgIpc) is 2.93. The van der Waals surface area contributed by atoms with Crippen LogP contribution in [-0.4, -0.2) is 11.9 Å². The molecule has 0 atom stereocenters. The zero-order valence-corrected chi connectivity index (χ0v) is 7.39. The molecule has 1 aliphatic rings. The summed E-state index contributed by atoms with van der Waals surface area (Å²) in [6.07, 6.45) is 1.84. The van der Waals surface area contributed by atoms with E-state index >= 15 is 0 Å². The van der Waals surface area contributed by atoms with E-state index in [9.17, 15) is 13.6 Å². The molecule has 1 aromatic carbocycles. The molecule has 2 nitrogen and oxygen atoms in total. The molecular weight excluding hydrogens is 188 g/mol. The molecule has 1 saturated carbocycles. The highest BCUT2D eigenvalue weighted by atomic mass is 19.2. The number of amides is 1. The predicted molar refractivity (Wildman–Crippen MR) is 46.8 cm³/mol. The summed E-state index contributed by atoms with van der Waals surface area (Å²) in [6.45, 7) is 0. The first-order chi connectivity index (χ1) is 6.68. The molecule has 0 aromatic heterocycles. The third-order valence-electron chi connectivity index (χ3n) is 2.11. The Morgan fingerprint density at radius 3 is 2.71 bits per heavy atom. The molecule has 0 unspecified atom stereocenters. The minimum atomic E-state index is -1.08. The molecule has 0 heterocycles. The summed E-state index contributed by atoms with van der Waals surface area (Å²) in [5.41, 5.74) is -0.225. The van der Waals surface area contributed by atoms with Crippen molar-refractivity contribution < 1.29 is 13.6 Å². The van der Waals surface area contributed by atoms with Gasteiger partial charge in [-0.3, -0.25) is 4.79 Å². The van der Waals surface area contributed by atoms with Crippen LogP contribution in [0.15, 0.2) is 18.2 Å². The van der Waals surface area contributed by atoms with Crippen LogP contribution in [-0.2, 0) is 0 Å². The second kappa shape index (κ2) is 3.36. The van der Waals surface area contributed by atoms with E-state index in [1.807, 2.05) is 0 Å². The second-order valence-electron chi connectivity index (χ2n) is 3.35. The number of carbonyl (C=O) groups excluding carboxylic acids is 1. The number of benzene rings is 1. The highest BCUT2D eigenvalue weighted by molar-refractivity contribution is 5.94. The van der Waals surface area contributed by atoms with Gasteiger partial charge in [-0.1, -0.05) is 6.07 Å². The molecule has 0 bridgehead atoms. The lowest BCUT2D eigenvalue weighted by atomic mass is 10.2. The van der Waals surface area contributed by atoms with Crippen LogP contribution in [0, 0.1) is 11.6 Å². The standard InChI is InChI=1S/C10H9F2NO/c11-8-3-1-2-7(9(8)12)10(14)13-6-4-5-6/h1-3,6H,4-5H2,(H,13,14). The van der Waals surface area contributed by atoms with Gasteiger partial charge < -0.3 is 5.32 Å². The molecule has 0 aliphatic heterocycles. The zero-order chi connectivity index (χ0) is 10.1. The van der Waals surface area contributed by atoms with Gasteiger partial charge in [-0.15, -0.1) is 0 Å². The Morgan fingerprint density at radius 1 is 1.36 bits per heavy atom. The maximum Gasteiger partial charge on any atom is 0.254 e. The number of nitrogens with one attached hydrogen (secondary N) is 1. The van der Waals surface area contributed by atoms with E-state index in [-0.39, 0.29) is 11.6 Å². The summed E-state index contributed by atoms with van der Waals surface area (Å²) in [6, 6.07) is 3.73. The van der Waals surface area contributed by atoms with Gasteiger partial charge in [0.15, 0.2) is 11.6 Å². The van der Waals surface area contributed by atoms with Gasteiger partial charge in [-0.2, -0.15) is 0 Å². The fourth-order valence-corrected chi connectivity index (χ4v) is 1.17. The number of hydrogen-bond donors (Lipinski definition) is 1. The van der Waals surface area contributed by atoms with Crippen molar-refractivity contribution in [3.8, 4) is 0 Å².